The number of non-ortho nitro benzene ring substituents is 1. The second kappa shape index (κ2) is 8.37. The number of aromatic nitrogens is 2. The van der Waals surface area contributed by atoms with Crippen molar-refractivity contribution in [1.29, 1.82) is 0 Å². The van der Waals surface area contributed by atoms with Crippen LogP contribution in [0.4, 0.5) is 5.69 Å². The van der Waals surface area contributed by atoms with Crippen LogP contribution in [0.2, 0.25) is 10.0 Å². The van der Waals surface area contributed by atoms with Gasteiger partial charge in [-0.05, 0) is 37.1 Å². The Hall–Kier alpha value is -3.43. The second-order valence-electron chi connectivity index (χ2n) is 6.94. The third-order valence-electron chi connectivity index (χ3n) is 4.76. The molecule has 1 aromatic heterocycles. The van der Waals surface area contributed by atoms with Crippen LogP contribution in [0.1, 0.15) is 45.2 Å². The number of carbonyl (C=O) groups is 2. The number of hydrazine groups is 1. The van der Waals surface area contributed by atoms with Gasteiger partial charge < -0.3 is 0 Å². The summed E-state index contributed by atoms with van der Waals surface area (Å²) in [5.74, 6) is -1.10. The van der Waals surface area contributed by atoms with Gasteiger partial charge in [0.25, 0.3) is 17.5 Å². The molecule has 0 spiro atoms. The summed E-state index contributed by atoms with van der Waals surface area (Å²) in [6.45, 7) is 0. The smallest absolute Gasteiger partial charge is 0.267 e. The Morgan fingerprint density at radius 3 is 2.52 bits per heavy atom. The number of nitrogens with zero attached hydrogens (tertiary/aromatic N) is 3. The standard InChI is InChI=1S/C20H15Cl2N5O4/c21-13-6-7-17(16(22)9-13)26-18(11-4-5-11)15(10-23-26)20(29)25-24-19(28)12-2-1-3-14(8-12)27(30)31/h1-3,6-11H,4-5H2,(H,24,28)(H,25,29). The van der Waals surface area contributed by atoms with Gasteiger partial charge in [-0.15, -0.1) is 0 Å². The number of halogens is 2. The first-order chi connectivity index (χ1) is 14.8. The fraction of sp³-hybridized carbons (Fsp3) is 0.150. The molecule has 1 aliphatic carbocycles. The van der Waals surface area contributed by atoms with Crippen LogP contribution in [0.3, 0.4) is 0 Å². The molecular weight excluding hydrogens is 445 g/mol. The maximum atomic E-state index is 12.8. The molecule has 0 atom stereocenters. The molecule has 1 saturated carbocycles. The Bertz CT molecular complexity index is 1210. The van der Waals surface area contributed by atoms with Crippen molar-refractivity contribution in [2.24, 2.45) is 0 Å². The molecule has 0 saturated heterocycles. The molecule has 3 aromatic rings. The molecule has 0 aliphatic heterocycles. The number of rotatable bonds is 5. The number of nitrogens with one attached hydrogen (secondary N) is 2. The first-order valence-electron chi connectivity index (χ1n) is 9.23. The third kappa shape index (κ3) is 4.37. The first-order valence-corrected chi connectivity index (χ1v) is 9.99. The monoisotopic (exact) mass is 459 g/mol. The van der Waals surface area contributed by atoms with Crippen LogP contribution in [0, 0.1) is 10.1 Å². The topological polar surface area (TPSA) is 119 Å². The predicted molar refractivity (Wildman–Crippen MR) is 114 cm³/mol. The molecule has 158 valence electrons. The summed E-state index contributed by atoms with van der Waals surface area (Å²) in [4.78, 5) is 35.3. The lowest BCUT2D eigenvalue weighted by Gasteiger charge is -2.11. The van der Waals surface area contributed by atoms with E-state index in [4.69, 9.17) is 23.2 Å². The summed E-state index contributed by atoms with van der Waals surface area (Å²) in [5, 5.41) is 16.1. The number of nitro groups is 1. The molecule has 0 bridgehead atoms. The predicted octanol–water partition coefficient (Wildman–Crippen LogP) is 4.04. The quantitative estimate of drug-likeness (QED) is 0.440. The van der Waals surface area contributed by atoms with Gasteiger partial charge in [-0.2, -0.15) is 5.10 Å². The summed E-state index contributed by atoms with van der Waals surface area (Å²) < 4.78 is 1.60. The Morgan fingerprint density at radius 2 is 1.84 bits per heavy atom. The van der Waals surface area contributed by atoms with Crippen molar-refractivity contribution in [2.45, 2.75) is 18.8 Å². The van der Waals surface area contributed by atoms with Crippen molar-refractivity contribution in [3.63, 3.8) is 0 Å². The second-order valence-corrected chi connectivity index (χ2v) is 7.78. The van der Waals surface area contributed by atoms with E-state index in [1.165, 1.54) is 24.4 Å². The lowest BCUT2D eigenvalue weighted by molar-refractivity contribution is -0.384. The minimum absolute atomic E-state index is 0.0422. The van der Waals surface area contributed by atoms with Gasteiger partial charge >= 0.3 is 0 Å². The lowest BCUT2D eigenvalue weighted by Crippen LogP contribution is -2.41. The van der Waals surface area contributed by atoms with Crippen molar-refractivity contribution < 1.29 is 14.5 Å². The largest absolute Gasteiger partial charge is 0.273 e. The van der Waals surface area contributed by atoms with Crippen LogP contribution in [0.15, 0.2) is 48.7 Å². The van der Waals surface area contributed by atoms with Crippen LogP contribution in [-0.4, -0.2) is 26.5 Å². The average Bonchev–Trinajstić information content (AvgIpc) is 3.50. The molecular formula is C20H15Cl2N5O4. The van der Waals surface area contributed by atoms with Gasteiger partial charge in [0.2, 0.25) is 0 Å². The number of carbonyl (C=O) groups excluding carboxylic acids is 2. The van der Waals surface area contributed by atoms with Gasteiger partial charge in [0.15, 0.2) is 0 Å². The van der Waals surface area contributed by atoms with E-state index in [-0.39, 0.29) is 17.2 Å². The summed E-state index contributed by atoms with van der Waals surface area (Å²) in [6, 6.07) is 10.2. The van der Waals surface area contributed by atoms with E-state index in [1.54, 1.807) is 22.9 Å². The van der Waals surface area contributed by atoms with E-state index in [0.717, 1.165) is 18.9 Å². The number of hydrogen-bond acceptors (Lipinski definition) is 5. The van der Waals surface area contributed by atoms with Gasteiger partial charge in [0, 0.05) is 28.6 Å². The van der Waals surface area contributed by atoms with Crippen LogP contribution in [0.25, 0.3) is 5.69 Å². The fourth-order valence-electron chi connectivity index (χ4n) is 3.14. The van der Waals surface area contributed by atoms with E-state index in [2.05, 4.69) is 16.0 Å². The van der Waals surface area contributed by atoms with Gasteiger partial charge in [-0.25, -0.2) is 4.68 Å². The molecule has 2 aromatic carbocycles. The molecule has 1 aliphatic rings. The van der Waals surface area contributed by atoms with Gasteiger partial charge in [-0.1, -0.05) is 29.3 Å². The summed E-state index contributed by atoms with van der Waals surface area (Å²) in [6.07, 6.45) is 3.21. The maximum absolute atomic E-state index is 12.8. The molecule has 31 heavy (non-hydrogen) atoms. The van der Waals surface area contributed by atoms with Crippen LogP contribution < -0.4 is 10.9 Å². The molecule has 9 nitrogen and oxygen atoms in total. The Balaban J connectivity index is 1.54. The molecule has 11 heteroatoms. The highest BCUT2D eigenvalue weighted by Gasteiger charge is 2.33. The van der Waals surface area contributed by atoms with Crippen molar-refractivity contribution in [2.75, 3.05) is 0 Å². The van der Waals surface area contributed by atoms with Crippen LogP contribution in [0.5, 0.6) is 0 Å². The zero-order chi connectivity index (χ0) is 22.1. The Morgan fingerprint density at radius 1 is 1.10 bits per heavy atom. The lowest BCUT2D eigenvalue weighted by atomic mass is 10.1. The van der Waals surface area contributed by atoms with E-state index in [9.17, 15) is 19.7 Å². The van der Waals surface area contributed by atoms with Crippen LogP contribution >= 0.6 is 23.2 Å². The SMILES string of the molecule is O=C(NNC(=O)c1cnn(-c2ccc(Cl)cc2Cl)c1C1CC1)c1cccc([N+](=O)[O-])c1. The number of benzene rings is 2. The molecule has 1 heterocycles. The zero-order valence-corrected chi connectivity index (χ0v) is 17.4. The average molecular weight is 460 g/mol. The van der Waals surface area contributed by atoms with Gasteiger partial charge in [0.05, 0.1) is 33.1 Å². The molecule has 2 amide bonds. The molecule has 1 fully saturated rings. The zero-order valence-electron chi connectivity index (χ0n) is 15.8. The van der Waals surface area contributed by atoms with Gasteiger partial charge in [-0.3, -0.25) is 30.6 Å². The van der Waals surface area contributed by atoms with Gasteiger partial charge in [0.1, 0.15) is 0 Å². The Labute approximate surface area is 186 Å². The van der Waals surface area contributed by atoms with Crippen molar-refractivity contribution in [1.82, 2.24) is 20.6 Å². The number of amides is 2. The summed E-state index contributed by atoms with van der Waals surface area (Å²) >= 11 is 12.3. The number of nitro benzene ring substituents is 1. The van der Waals surface area contributed by atoms with Crippen molar-refractivity contribution >= 4 is 40.7 Å². The molecule has 0 unspecified atom stereocenters. The minimum Gasteiger partial charge on any atom is -0.267 e. The van der Waals surface area contributed by atoms with E-state index >= 15 is 0 Å². The van der Waals surface area contributed by atoms with E-state index < -0.39 is 16.7 Å². The van der Waals surface area contributed by atoms with E-state index in [1.807, 2.05) is 0 Å². The Kier molecular flexibility index (Phi) is 5.62. The highest BCUT2D eigenvalue weighted by atomic mass is 35.5. The minimum atomic E-state index is -0.682. The third-order valence-corrected chi connectivity index (χ3v) is 5.30. The summed E-state index contributed by atoms with van der Waals surface area (Å²) in [5.41, 5.74) is 6.01. The van der Waals surface area contributed by atoms with E-state index in [0.29, 0.717) is 27.0 Å². The highest BCUT2D eigenvalue weighted by molar-refractivity contribution is 6.35. The van der Waals surface area contributed by atoms with Crippen LogP contribution in [-0.2, 0) is 0 Å². The highest BCUT2D eigenvalue weighted by Crippen LogP contribution is 2.43. The molecule has 0 radical (unpaired) electrons. The van der Waals surface area contributed by atoms with Crippen molar-refractivity contribution in [3.8, 4) is 5.69 Å². The fourth-order valence-corrected chi connectivity index (χ4v) is 3.63. The normalized spacial score (nSPS) is 13.0. The summed E-state index contributed by atoms with van der Waals surface area (Å²) in [7, 11) is 0. The number of hydrogen-bond donors (Lipinski definition) is 2. The molecule has 4 rings (SSSR count). The molecule has 2 N–H and O–H groups in total. The van der Waals surface area contributed by atoms with Crippen molar-refractivity contribution in [3.05, 3.63) is 85.6 Å². The first kappa shape index (κ1) is 20.8. The maximum Gasteiger partial charge on any atom is 0.273 e.